The summed E-state index contributed by atoms with van der Waals surface area (Å²) in [5.74, 6) is 0.829. The van der Waals surface area contributed by atoms with E-state index in [1.165, 1.54) is 0 Å². The van der Waals surface area contributed by atoms with Crippen molar-refractivity contribution in [2.75, 3.05) is 4.90 Å². The Balaban J connectivity index is 1.39. The lowest BCUT2D eigenvalue weighted by Crippen LogP contribution is -2.12. The molecule has 0 saturated heterocycles. The van der Waals surface area contributed by atoms with Crippen LogP contribution in [0.3, 0.4) is 0 Å². The van der Waals surface area contributed by atoms with E-state index in [0.717, 1.165) is 94.7 Å². The monoisotopic (exact) mass is 576 g/mol. The van der Waals surface area contributed by atoms with Crippen molar-refractivity contribution in [2.45, 2.75) is 0 Å². The fourth-order valence-electron chi connectivity index (χ4n) is 6.91. The summed E-state index contributed by atoms with van der Waals surface area (Å²) in [5, 5.41) is 4.43. The van der Waals surface area contributed by atoms with Gasteiger partial charge >= 0.3 is 0 Å². The van der Waals surface area contributed by atoms with E-state index in [1.807, 2.05) is 18.2 Å². The van der Waals surface area contributed by atoms with Crippen LogP contribution < -0.4 is 4.90 Å². The highest BCUT2D eigenvalue weighted by Crippen LogP contribution is 2.43. The molecule has 4 aromatic heterocycles. The van der Waals surface area contributed by atoms with Gasteiger partial charge in [0.25, 0.3) is 0 Å². The predicted octanol–water partition coefficient (Wildman–Crippen LogP) is 10.8. The highest BCUT2D eigenvalue weighted by Gasteiger charge is 2.22. The number of furan rings is 1. The van der Waals surface area contributed by atoms with Crippen molar-refractivity contribution in [3.8, 4) is 33.8 Å². The number of para-hydroxylation sites is 4. The maximum atomic E-state index is 6.54. The average Bonchev–Trinajstić information content (AvgIpc) is 3.67. The van der Waals surface area contributed by atoms with Crippen LogP contribution in [-0.2, 0) is 0 Å². The topological polar surface area (TPSA) is 58.0 Å². The number of anilines is 3. The first-order valence-electron chi connectivity index (χ1n) is 15.1. The minimum Gasteiger partial charge on any atom is -0.454 e. The number of nitrogens with zero attached hydrogens (tertiary/aromatic N) is 3. The van der Waals surface area contributed by atoms with Crippen LogP contribution in [0.1, 0.15) is 0 Å². The third kappa shape index (κ3) is 3.55. The number of hydrogen-bond donors (Lipinski definition) is 1. The van der Waals surface area contributed by atoms with Gasteiger partial charge in [-0.15, -0.1) is 0 Å². The molecule has 9 aromatic rings. The lowest BCUT2D eigenvalue weighted by atomic mass is 10.0. The number of nitrogens with one attached hydrogen (secondary N) is 1. The van der Waals surface area contributed by atoms with Gasteiger partial charge in [0.2, 0.25) is 0 Å². The van der Waals surface area contributed by atoms with Crippen molar-refractivity contribution in [2.24, 2.45) is 0 Å². The SMILES string of the molecule is c1ccc(N2c3cccc(c3)-c3nc(cc4c3oc3ccccc34)-c3cccc4c3[nH]c3c(cccc34)-c3cccc2n3)cc1. The zero-order chi connectivity index (χ0) is 29.5. The molecular formula is C40H24N4O. The highest BCUT2D eigenvalue weighted by atomic mass is 16.3. The summed E-state index contributed by atoms with van der Waals surface area (Å²) in [6, 6.07) is 48.5. The van der Waals surface area contributed by atoms with Gasteiger partial charge in [-0.2, -0.15) is 0 Å². The van der Waals surface area contributed by atoms with Gasteiger partial charge in [0.05, 0.1) is 22.4 Å². The summed E-state index contributed by atoms with van der Waals surface area (Å²) in [6.45, 7) is 0. The van der Waals surface area contributed by atoms with Gasteiger partial charge in [-0.05, 0) is 48.5 Å². The summed E-state index contributed by atoms with van der Waals surface area (Å²) in [7, 11) is 0. The number of benzene rings is 5. The van der Waals surface area contributed by atoms with E-state index in [2.05, 4.69) is 131 Å². The Morgan fingerprint density at radius 3 is 2.04 bits per heavy atom. The maximum Gasteiger partial charge on any atom is 0.161 e. The van der Waals surface area contributed by atoms with Crippen LogP contribution in [0, 0.1) is 0 Å². The Kier molecular flexibility index (Phi) is 4.93. The van der Waals surface area contributed by atoms with Crippen molar-refractivity contribution < 1.29 is 4.42 Å². The van der Waals surface area contributed by atoms with Crippen LogP contribution >= 0.6 is 0 Å². The van der Waals surface area contributed by atoms with E-state index in [-0.39, 0.29) is 0 Å². The summed E-state index contributed by atoms with van der Waals surface area (Å²) < 4.78 is 6.54. The summed E-state index contributed by atoms with van der Waals surface area (Å²) in [5.41, 5.74) is 11.4. The molecule has 0 radical (unpaired) electrons. The molecular weight excluding hydrogens is 552 g/mol. The molecule has 45 heavy (non-hydrogen) atoms. The number of H-pyrrole nitrogens is 1. The fraction of sp³-hybridized carbons (Fsp3) is 0. The number of aromatic amines is 1. The van der Waals surface area contributed by atoms with E-state index in [0.29, 0.717) is 0 Å². The van der Waals surface area contributed by atoms with E-state index < -0.39 is 0 Å². The van der Waals surface area contributed by atoms with Crippen molar-refractivity contribution in [3.05, 3.63) is 140 Å². The molecule has 5 heterocycles. The molecule has 0 aliphatic carbocycles. The molecule has 5 heteroatoms. The Bertz CT molecular complexity index is 2610. The van der Waals surface area contributed by atoms with Gasteiger partial charge in [-0.1, -0.05) is 91.0 Å². The lowest BCUT2D eigenvalue weighted by molar-refractivity contribution is 0.668. The van der Waals surface area contributed by atoms with Crippen molar-refractivity contribution in [3.63, 3.8) is 0 Å². The molecule has 8 bridgehead atoms. The maximum absolute atomic E-state index is 6.54. The molecule has 0 saturated carbocycles. The molecule has 0 spiro atoms. The van der Waals surface area contributed by atoms with Gasteiger partial charge in [-0.3, -0.25) is 4.90 Å². The van der Waals surface area contributed by atoms with Crippen LogP contribution in [0.5, 0.6) is 0 Å². The van der Waals surface area contributed by atoms with E-state index in [9.17, 15) is 0 Å². The second kappa shape index (κ2) is 9.15. The molecule has 5 aromatic carbocycles. The molecule has 1 aliphatic rings. The minimum absolute atomic E-state index is 0.777. The van der Waals surface area contributed by atoms with Gasteiger partial charge < -0.3 is 9.40 Å². The third-order valence-electron chi connectivity index (χ3n) is 8.94. The Morgan fingerprint density at radius 2 is 1.20 bits per heavy atom. The van der Waals surface area contributed by atoms with Crippen molar-refractivity contribution in [1.29, 1.82) is 0 Å². The van der Waals surface area contributed by atoms with Gasteiger partial charge in [-0.25, -0.2) is 9.97 Å². The molecule has 0 fully saturated rings. The molecule has 0 atom stereocenters. The van der Waals surface area contributed by atoms with Crippen LogP contribution in [0.4, 0.5) is 17.2 Å². The Morgan fingerprint density at radius 1 is 0.511 bits per heavy atom. The van der Waals surface area contributed by atoms with Crippen molar-refractivity contribution in [1.82, 2.24) is 15.0 Å². The second-order valence-corrected chi connectivity index (χ2v) is 11.5. The van der Waals surface area contributed by atoms with Gasteiger partial charge in [0.15, 0.2) is 5.58 Å². The summed E-state index contributed by atoms with van der Waals surface area (Å²) >= 11 is 0. The molecule has 1 N–H and O–H groups in total. The molecule has 0 unspecified atom stereocenters. The molecule has 10 rings (SSSR count). The van der Waals surface area contributed by atoms with Gasteiger partial charge in [0, 0.05) is 49.6 Å². The number of fused-ring (bicyclic) bond motifs is 14. The van der Waals surface area contributed by atoms with Crippen LogP contribution in [0.25, 0.3) is 77.5 Å². The Labute approximate surface area is 258 Å². The first kappa shape index (κ1) is 24.3. The fourth-order valence-corrected chi connectivity index (χ4v) is 6.91. The molecule has 210 valence electrons. The number of pyridine rings is 2. The average molecular weight is 577 g/mol. The Hall–Kier alpha value is -6.20. The quantitative estimate of drug-likeness (QED) is 0.211. The largest absolute Gasteiger partial charge is 0.454 e. The zero-order valence-corrected chi connectivity index (χ0v) is 24.0. The normalized spacial score (nSPS) is 12.4. The molecule has 5 nitrogen and oxygen atoms in total. The first-order chi connectivity index (χ1) is 22.3. The standard InChI is InChI=1S/C40H24N4O/c1-2-11-25(12-3-1)44-26-13-6-10-24(22-26)37-40-32(27-14-4-5-20-35(27)45-40)23-34(42-37)31-18-8-16-29-28-15-7-17-30(38(28)43-39(29)31)33-19-9-21-36(44)41-33/h1-23,43H. The number of hydrogen-bond acceptors (Lipinski definition) is 4. The molecule has 1 aliphatic heterocycles. The van der Waals surface area contributed by atoms with E-state index >= 15 is 0 Å². The minimum atomic E-state index is 0.777. The van der Waals surface area contributed by atoms with Crippen LogP contribution in [0.2, 0.25) is 0 Å². The zero-order valence-electron chi connectivity index (χ0n) is 24.0. The lowest BCUT2D eigenvalue weighted by Gasteiger charge is -2.25. The van der Waals surface area contributed by atoms with Crippen LogP contribution in [-0.4, -0.2) is 15.0 Å². The highest BCUT2D eigenvalue weighted by molar-refractivity contribution is 6.16. The van der Waals surface area contributed by atoms with Gasteiger partial charge in [0.1, 0.15) is 17.1 Å². The van der Waals surface area contributed by atoms with E-state index in [1.54, 1.807) is 0 Å². The van der Waals surface area contributed by atoms with E-state index in [4.69, 9.17) is 14.4 Å². The smallest absolute Gasteiger partial charge is 0.161 e. The second-order valence-electron chi connectivity index (χ2n) is 11.5. The summed E-state index contributed by atoms with van der Waals surface area (Å²) in [4.78, 5) is 16.7. The third-order valence-corrected chi connectivity index (χ3v) is 8.94. The first-order valence-corrected chi connectivity index (χ1v) is 15.1. The molecule has 0 amide bonds. The summed E-state index contributed by atoms with van der Waals surface area (Å²) in [6.07, 6.45) is 0. The number of aromatic nitrogens is 3. The number of rotatable bonds is 1. The van der Waals surface area contributed by atoms with Crippen LogP contribution in [0.15, 0.2) is 144 Å². The van der Waals surface area contributed by atoms with Crippen molar-refractivity contribution >= 4 is 60.9 Å². The predicted molar refractivity (Wildman–Crippen MR) is 183 cm³/mol.